The van der Waals surface area contributed by atoms with Gasteiger partial charge in [-0.3, -0.25) is 9.59 Å². The molecule has 14 atom stereocenters. The summed E-state index contributed by atoms with van der Waals surface area (Å²) in [5, 5.41) is 19.1. The lowest BCUT2D eigenvalue weighted by Gasteiger charge is -2.48. The van der Waals surface area contributed by atoms with Gasteiger partial charge in [-0.05, 0) is 78.6 Å². The van der Waals surface area contributed by atoms with Crippen molar-refractivity contribution < 1.29 is 48.0 Å². The minimum absolute atomic E-state index is 0.0165. The molecule has 310 valence electrons. The average molecular weight is 800 g/mol. The van der Waals surface area contributed by atoms with Crippen LogP contribution in [0.4, 0.5) is 0 Å². The summed E-state index contributed by atoms with van der Waals surface area (Å²) in [6.45, 7) is 15.5. The lowest BCUT2D eigenvalue weighted by molar-refractivity contribution is -0.302. The van der Waals surface area contributed by atoms with Crippen molar-refractivity contribution >= 4 is 28.8 Å². The van der Waals surface area contributed by atoms with Crippen molar-refractivity contribution in [3.8, 4) is 10.6 Å². The van der Waals surface area contributed by atoms with Crippen LogP contribution >= 0.6 is 11.3 Å². The second-order valence-corrected chi connectivity index (χ2v) is 17.9. The van der Waals surface area contributed by atoms with Crippen LogP contribution in [0.25, 0.3) is 10.6 Å². The van der Waals surface area contributed by atoms with Crippen molar-refractivity contribution in [1.82, 2.24) is 9.88 Å². The molecule has 0 amide bonds. The number of carbonyl (C=O) groups is 2. The summed E-state index contributed by atoms with van der Waals surface area (Å²) in [7, 11) is 3.86. The molecule has 13 nitrogen and oxygen atoms in total. The predicted molar refractivity (Wildman–Crippen MR) is 211 cm³/mol. The molecule has 4 bridgehead atoms. The number of Topliss-reactive ketones (excluding diaryl/α,β-unsaturated/α-hetero) is 1. The number of ketones is 1. The fourth-order valence-corrected chi connectivity index (χ4v) is 9.94. The Morgan fingerprint density at radius 3 is 2.54 bits per heavy atom. The fourth-order valence-electron chi connectivity index (χ4n) is 9.31. The highest BCUT2D eigenvalue weighted by atomic mass is 32.1. The standard InChI is InChI=1S/C42H61N3O10S/c1-11-32-42(8)36(47)25(4)34(55-42)23(2)19-41(7)37(54-40-33(46)31(45(9)10)17-24(3)52-40)26(5)35(27(6)39(48)53-32)49-21-30(22-50-41)44-51-20-28-13-12-14-29(18-28)38-43-15-16-56-38/h12-16,18,23-27,31-35,37,40,46H,11,17,19-22H2,1-10H3/b44-30+/t23-,24-,25?,26-,27-,31+,32-,33-,34?,35+,37-,40+,41-,42?/m1/s1. The summed E-state index contributed by atoms with van der Waals surface area (Å²) >= 11 is 1.57. The third kappa shape index (κ3) is 8.78. The number of aromatic nitrogens is 1. The number of cyclic esters (lactones) is 1. The molecule has 3 unspecified atom stereocenters. The second kappa shape index (κ2) is 17.6. The van der Waals surface area contributed by atoms with Crippen molar-refractivity contribution in [2.75, 3.05) is 27.3 Å². The first-order chi connectivity index (χ1) is 26.6. The SMILES string of the molecule is CC[C@H]1OC(=O)[C@H](C)[C@H]2OC/C(=N\OCc3cccc(-c4nccs4)c3)CO[C@](C)(C[C@@H](C)C3OC1(C)C(=O)C3C)[C@H](O[C@@H]1O[C@H](C)C[C@H](N(C)C)[C@H]1O)[C@@H]2C. The lowest BCUT2D eigenvalue weighted by Crippen LogP contribution is -2.59. The number of oxime groups is 1. The summed E-state index contributed by atoms with van der Waals surface area (Å²) in [6, 6.07) is 7.76. The van der Waals surface area contributed by atoms with Gasteiger partial charge in [0.25, 0.3) is 0 Å². The van der Waals surface area contributed by atoms with Gasteiger partial charge in [-0.2, -0.15) is 0 Å². The summed E-state index contributed by atoms with van der Waals surface area (Å²) in [5.74, 6) is -2.56. The van der Waals surface area contributed by atoms with Gasteiger partial charge in [-0.25, -0.2) is 4.98 Å². The van der Waals surface area contributed by atoms with E-state index < -0.39 is 71.7 Å². The topological polar surface area (TPSA) is 147 Å². The van der Waals surface area contributed by atoms with Crippen LogP contribution in [-0.2, 0) is 49.5 Å². The predicted octanol–water partition coefficient (Wildman–Crippen LogP) is 5.66. The van der Waals surface area contributed by atoms with Gasteiger partial charge in [0.2, 0.25) is 0 Å². The third-order valence-corrected chi connectivity index (χ3v) is 13.2. The van der Waals surface area contributed by atoms with Crippen LogP contribution in [0.15, 0.2) is 41.0 Å². The van der Waals surface area contributed by atoms with Crippen LogP contribution in [0, 0.1) is 23.7 Å². The van der Waals surface area contributed by atoms with E-state index in [-0.39, 0.29) is 43.7 Å². The maximum atomic E-state index is 14.2. The monoisotopic (exact) mass is 799 g/mol. The Labute approximate surface area is 335 Å². The molecule has 4 fully saturated rings. The van der Waals surface area contributed by atoms with Gasteiger partial charge in [0.05, 0.1) is 49.1 Å². The number of rotatable bonds is 8. The van der Waals surface area contributed by atoms with Crippen LogP contribution in [0.2, 0.25) is 0 Å². The number of hydrogen-bond acceptors (Lipinski definition) is 14. The normalized spacial score (nSPS) is 40.6. The molecule has 4 aliphatic rings. The molecule has 1 N–H and O–H groups in total. The molecule has 0 saturated carbocycles. The van der Waals surface area contributed by atoms with Crippen LogP contribution < -0.4 is 0 Å². The lowest BCUT2D eigenvalue weighted by atomic mass is 9.75. The average Bonchev–Trinajstić information content (AvgIpc) is 3.79. The minimum atomic E-state index is -1.31. The van der Waals surface area contributed by atoms with Crippen LogP contribution in [0.5, 0.6) is 0 Å². The Hall–Kier alpha value is -2.82. The van der Waals surface area contributed by atoms with Crippen molar-refractivity contribution in [3.05, 3.63) is 41.4 Å². The van der Waals surface area contributed by atoms with Crippen molar-refractivity contribution in [3.63, 3.8) is 0 Å². The van der Waals surface area contributed by atoms with Crippen LogP contribution in [0.1, 0.15) is 80.2 Å². The molecule has 5 heterocycles. The van der Waals surface area contributed by atoms with Gasteiger partial charge >= 0.3 is 5.97 Å². The smallest absolute Gasteiger partial charge is 0.311 e. The molecular weight excluding hydrogens is 739 g/mol. The summed E-state index contributed by atoms with van der Waals surface area (Å²) in [6.07, 6.45) is -1.75. The first kappa shape index (κ1) is 42.8. The van der Waals surface area contributed by atoms with Crippen LogP contribution in [-0.4, -0.2) is 120 Å². The molecule has 2 aromatic rings. The second-order valence-electron chi connectivity index (χ2n) is 17.0. The molecule has 4 aliphatic heterocycles. The molecule has 0 spiro atoms. The fraction of sp³-hybridized carbons (Fsp3) is 0.714. The molecule has 1 aromatic carbocycles. The number of hydrogen-bond donors (Lipinski definition) is 1. The number of ether oxygens (including phenoxy) is 6. The molecule has 6 rings (SSSR count). The van der Waals surface area contributed by atoms with E-state index in [1.807, 2.05) is 83.3 Å². The molecular formula is C42H61N3O10S. The highest BCUT2D eigenvalue weighted by molar-refractivity contribution is 7.13. The number of carbonyl (C=O) groups excluding carboxylic acids is 2. The van der Waals surface area contributed by atoms with E-state index in [1.165, 1.54) is 0 Å². The Balaban J connectivity index is 1.38. The number of benzene rings is 1. The van der Waals surface area contributed by atoms with Crippen molar-refractivity contribution in [2.45, 2.75) is 141 Å². The Bertz CT molecular complexity index is 1690. The number of fused-ring (bicyclic) bond motifs is 5. The Morgan fingerprint density at radius 1 is 1.07 bits per heavy atom. The van der Waals surface area contributed by atoms with E-state index in [0.717, 1.165) is 16.1 Å². The Kier molecular flexibility index (Phi) is 13.4. The maximum absolute atomic E-state index is 14.2. The van der Waals surface area contributed by atoms with E-state index >= 15 is 0 Å². The summed E-state index contributed by atoms with van der Waals surface area (Å²) in [4.78, 5) is 40.5. The van der Waals surface area contributed by atoms with Crippen molar-refractivity contribution in [2.24, 2.45) is 28.8 Å². The number of esters is 1. The highest BCUT2D eigenvalue weighted by Crippen LogP contribution is 2.45. The van der Waals surface area contributed by atoms with Crippen molar-refractivity contribution in [1.29, 1.82) is 0 Å². The first-order valence-corrected chi connectivity index (χ1v) is 20.9. The zero-order valence-corrected chi connectivity index (χ0v) is 35.3. The van der Waals surface area contributed by atoms with Gasteiger partial charge in [-0.15, -0.1) is 11.3 Å². The molecule has 4 saturated heterocycles. The highest BCUT2D eigenvalue weighted by Gasteiger charge is 2.58. The summed E-state index contributed by atoms with van der Waals surface area (Å²) < 4.78 is 39.8. The van der Waals surface area contributed by atoms with E-state index in [2.05, 4.69) is 17.1 Å². The van der Waals surface area contributed by atoms with Gasteiger partial charge < -0.3 is 43.3 Å². The van der Waals surface area contributed by atoms with E-state index in [0.29, 0.717) is 25.0 Å². The quantitative estimate of drug-likeness (QED) is 0.260. The van der Waals surface area contributed by atoms with E-state index in [9.17, 15) is 14.7 Å². The molecule has 1 aromatic heterocycles. The number of thiazole rings is 1. The minimum Gasteiger partial charge on any atom is -0.459 e. The number of aliphatic hydroxyl groups is 1. The van der Waals surface area contributed by atoms with Gasteiger partial charge in [0.1, 0.15) is 29.5 Å². The van der Waals surface area contributed by atoms with E-state index in [4.69, 9.17) is 33.3 Å². The summed E-state index contributed by atoms with van der Waals surface area (Å²) in [5.41, 5.74) is 0.0105. The van der Waals surface area contributed by atoms with Gasteiger partial charge in [0.15, 0.2) is 17.7 Å². The number of aliphatic hydroxyl groups excluding tert-OH is 1. The Morgan fingerprint density at radius 2 is 1.84 bits per heavy atom. The number of likely N-dealkylation sites (N-methyl/N-ethyl adjacent to an activating group) is 1. The maximum Gasteiger partial charge on any atom is 0.311 e. The molecule has 0 radical (unpaired) electrons. The zero-order chi connectivity index (χ0) is 40.5. The van der Waals surface area contributed by atoms with E-state index in [1.54, 1.807) is 31.4 Å². The number of nitrogens with zero attached hydrogens (tertiary/aromatic N) is 3. The zero-order valence-electron chi connectivity index (χ0n) is 34.5. The molecule has 14 heteroatoms. The molecule has 0 aliphatic carbocycles. The molecule has 56 heavy (non-hydrogen) atoms. The van der Waals surface area contributed by atoms with Gasteiger partial charge in [0, 0.05) is 35.0 Å². The largest absolute Gasteiger partial charge is 0.459 e. The van der Waals surface area contributed by atoms with Gasteiger partial charge in [-0.1, -0.05) is 51.0 Å². The van der Waals surface area contributed by atoms with Crippen LogP contribution in [0.3, 0.4) is 0 Å². The first-order valence-electron chi connectivity index (χ1n) is 20.1. The third-order valence-electron chi connectivity index (χ3n) is 12.4.